The number of hydrogen-bond donors (Lipinski definition) is 0. The quantitative estimate of drug-likeness (QED) is 0.846. The van der Waals surface area contributed by atoms with E-state index >= 15 is 0 Å². The minimum atomic E-state index is 0.554. The van der Waals surface area contributed by atoms with E-state index in [0.29, 0.717) is 6.04 Å². The third-order valence-electron chi connectivity index (χ3n) is 3.96. The monoisotopic (exact) mass is 261 g/mol. The van der Waals surface area contributed by atoms with Crippen molar-refractivity contribution < 1.29 is 0 Å². The molecule has 2 aromatic rings. The number of nitrogens with zero attached hydrogens (tertiary/aromatic N) is 3. The molecule has 0 unspecified atom stereocenters. The maximum Gasteiger partial charge on any atom is 0.0540 e. The SMILES string of the molecule is Cc1c([C@@H]2CCCN2Cc2ccsc2)cnn1C. The van der Waals surface area contributed by atoms with Crippen LogP contribution in [-0.2, 0) is 13.6 Å². The average molecular weight is 261 g/mol. The number of thiophene rings is 1. The maximum absolute atomic E-state index is 4.38. The molecule has 3 heterocycles. The van der Waals surface area contributed by atoms with Crippen LogP contribution in [0.25, 0.3) is 0 Å². The molecule has 0 radical (unpaired) electrons. The minimum absolute atomic E-state index is 0.554. The fourth-order valence-electron chi connectivity index (χ4n) is 2.83. The topological polar surface area (TPSA) is 21.1 Å². The van der Waals surface area contributed by atoms with Gasteiger partial charge in [-0.1, -0.05) is 0 Å². The second-order valence-electron chi connectivity index (χ2n) is 5.07. The van der Waals surface area contributed by atoms with Gasteiger partial charge in [-0.25, -0.2) is 0 Å². The number of likely N-dealkylation sites (tertiary alicyclic amines) is 1. The van der Waals surface area contributed by atoms with Crippen LogP contribution in [0.4, 0.5) is 0 Å². The van der Waals surface area contributed by atoms with Gasteiger partial charge < -0.3 is 0 Å². The largest absolute Gasteiger partial charge is 0.292 e. The van der Waals surface area contributed by atoms with Gasteiger partial charge in [0, 0.05) is 30.9 Å². The summed E-state index contributed by atoms with van der Waals surface area (Å²) >= 11 is 1.78. The Morgan fingerprint density at radius 3 is 3.06 bits per heavy atom. The van der Waals surface area contributed by atoms with Crippen LogP contribution in [0, 0.1) is 6.92 Å². The average Bonchev–Trinajstić information content (AvgIpc) is 3.06. The second-order valence-corrected chi connectivity index (χ2v) is 5.85. The van der Waals surface area contributed by atoms with Gasteiger partial charge in [0.2, 0.25) is 0 Å². The first-order valence-electron chi connectivity index (χ1n) is 6.49. The van der Waals surface area contributed by atoms with Crippen LogP contribution >= 0.6 is 11.3 Å². The molecular weight excluding hydrogens is 242 g/mol. The van der Waals surface area contributed by atoms with Crippen LogP contribution in [-0.4, -0.2) is 21.2 Å². The van der Waals surface area contributed by atoms with Crippen molar-refractivity contribution in [3.63, 3.8) is 0 Å². The van der Waals surface area contributed by atoms with E-state index in [2.05, 4.69) is 33.7 Å². The molecule has 3 rings (SSSR count). The zero-order valence-corrected chi connectivity index (χ0v) is 11.8. The van der Waals surface area contributed by atoms with E-state index in [0.717, 1.165) is 6.54 Å². The van der Waals surface area contributed by atoms with Crippen LogP contribution in [0.1, 0.15) is 35.7 Å². The van der Waals surface area contributed by atoms with Crippen LogP contribution < -0.4 is 0 Å². The van der Waals surface area contributed by atoms with Gasteiger partial charge in [-0.3, -0.25) is 9.58 Å². The third-order valence-corrected chi connectivity index (χ3v) is 4.69. The predicted molar refractivity (Wildman–Crippen MR) is 74.6 cm³/mol. The van der Waals surface area contributed by atoms with Crippen LogP contribution in [0.5, 0.6) is 0 Å². The van der Waals surface area contributed by atoms with Gasteiger partial charge in [-0.05, 0) is 48.7 Å². The lowest BCUT2D eigenvalue weighted by atomic mass is 10.1. The van der Waals surface area contributed by atoms with Gasteiger partial charge in [0.1, 0.15) is 0 Å². The third kappa shape index (κ3) is 2.10. The highest BCUT2D eigenvalue weighted by atomic mass is 32.1. The predicted octanol–water partition coefficient (Wildman–Crippen LogP) is 3.13. The van der Waals surface area contributed by atoms with E-state index in [1.807, 2.05) is 17.9 Å². The van der Waals surface area contributed by atoms with Crippen molar-refractivity contribution in [3.05, 3.63) is 39.8 Å². The smallest absolute Gasteiger partial charge is 0.0540 e. The summed E-state index contributed by atoms with van der Waals surface area (Å²) in [6.45, 7) is 4.45. The molecule has 1 atom stereocenters. The summed E-state index contributed by atoms with van der Waals surface area (Å²) in [5.74, 6) is 0. The van der Waals surface area contributed by atoms with Crippen molar-refractivity contribution in [2.75, 3.05) is 6.54 Å². The van der Waals surface area contributed by atoms with E-state index in [4.69, 9.17) is 0 Å². The lowest BCUT2D eigenvalue weighted by molar-refractivity contribution is 0.248. The summed E-state index contributed by atoms with van der Waals surface area (Å²) in [5, 5.41) is 8.80. The summed E-state index contributed by atoms with van der Waals surface area (Å²) in [6, 6.07) is 2.79. The van der Waals surface area contributed by atoms with Gasteiger partial charge in [0.25, 0.3) is 0 Å². The number of aromatic nitrogens is 2. The Balaban J connectivity index is 1.81. The Kier molecular flexibility index (Phi) is 3.22. The normalized spacial score (nSPS) is 20.7. The number of hydrogen-bond acceptors (Lipinski definition) is 3. The van der Waals surface area contributed by atoms with Crippen molar-refractivity contribution in [1.82, 2.24) is 14.7 Å². The van der Waals surface area contributed by atoms with Crippen molar-refractivity contribution >= 4 is 11.3 Å². The molecule has 1 fully saturated rings. The lowest BCUT2D eigenvalue weighted by Crippen LogP contribution is -2.22. The summed E-state index contributed by atoms with van der Waals surface area (Å²) in [6.07, 6.45) is 4.60. The fourth-order valence-corrected chi connectivity index (χ4v) is 3.49. The van der Waals surface area contributed by atoms with Crippen molar-refractivity contribution in [2.45, 2.75) is 32.4 Å². The van der Waals surface area contributed by atoms with E-state index in [1.54, 1.807) is 11.3 Å². The Morgan fingerprint density at radius 1 is 1.50 bits per heavy atom. The number of rotatable bonds is 3. The van der Waals surface area contributed by atoms with E-state index in [1.165, 1.54) is 36.2 Å². The Hall–Kier alpha value is -1.13. The Bertz CT molecular complexity index is 515. The van der Waals surface area contributed by atoms with Crippen LogP contribution in [0.3, 0.4) is 0 Å². The summed E-state index contributed by atoms with van der Waals surface area (Å²) < 4.78 is 1.98. The first kappa shape index (κ1) is 11.9. The van der Waals surface area contributed by atoms with Crippen molar-refractivity contribution in [1.29, 1.82) is 0 Å². The standard InChI is InChI=1S/C14H19N3S/c1-11-13(8-15-16(11)2)14-4-3-6-17(14)9-12-5-7-18-10-12/h5,7-8,10,14H,3-4,6,9H2,1-2H3/t14-/m0/s1. The maximum atomic E-state index is 4.38. The summed E-state index contributed by atoms with van der Waals surface area (Å²) in [7, 11) is 2.02. The molecule has 1 aliphatic rings. The summed E-state index contributed by atoms with van der Waals surface area (Å²) in [4.78, 5) is 2.59. The molecule has 0 N–H and O–H groups in total. The molecule has 0 saturated carbocycles. The fraction of sp³-hybridized carbons (Fsp3) is 0.500. The zero-order chi connectivity index (χ0) is 12.5. The first-order valence-corrected chi connectivity index (χ1v) is 7.43. The Morgan fingerprint density at radius 2 is 2.39 bits per heavy atom. The molecule has 4 heteroatoms. The second kappa shape index (κ2) is 4.86. The number of aryl methyl sites for hydroxylation is 1. The van der Waals surface area contributed by atoms with Gasteiger partial charge >= 0.3 is 0 Å². The molecule has 18 heavy (non-hydrogen) atoms. The molecule has 0 amide bonds. The highest BCUT2D eigenvalue weighted by molar-refractivity contribution is 7.07. The first-order chi connectivity index (χ1) is 8.75. The van der Waals surface area contributed by atoms with E-state index in [9.17, 15) is 0 Å². The molecule has 2 aromatic heterocycles. The minimum Gasteiger partial charge on any atom is -0.292 e. The van der Waals surface area contributed by atoms with Gasteiger partial charge in [-0.15, -0.1) is 0 Å². The molecule has 0 bridgehead atoms. The molecule has 0 aliphatic carbocycles. The van der Waals surface area contributed by atoms with Crippen LogP contribution in [0.2, 0.25) is 0 Å². The van der Waals surface area contributed by atoms with Crippen LogP contribution in [0.15, 0.2) is 23.0 Å². The lowest BCUT2D eigenvalue weighted by Gasteiger charge is -2.24. The Labute approximate surface area is 112 Å². The summed E-state index contributed by atoms with van der Waals surface area (Å²) in [5.41, 5.74) is 4.15. The zero-order valence-electron chi connectivity index (χ0n) is 11.0. The molecule has 0 aromatic carbocycles. The van der Waals surface area contributed by atoms with E-state index in [-0.39, 0.29) is 0 Å². The van der Waals surface area contributed by atoms with Gasteiger partial charge in [0.15, 0.2) is 0 Å². The molecular formula is C14H19N3S. The molecule has 1 aliphatic heterocycles. The molecule has 96 valence electrons. The van der Waals surface area contributed by atoms with E-state index < -0.39 is 0 Å². The highest BCUT2D eigenvalue weighted by Crippen LogP contribution is 2.34. The van der Waals surface area contributed by atoms with Crippen molar-refractivity contribution in [2.24, 2.45) is 7.05 Å². The van der Waals surface area contributed by atoms with Crippen molar-refractivity contribution in [3.8, 4) is 0 Å². The van der Waals surface area contributed by atoms with Gasteiger partial charge in [0.05, 0.1) is 6.20 Å². The molecule has 1 saturated heterocycles. The molecule has 0 spiro atoms. The highest BCUT2D eigenvalue weighted by Gasteiger charge is 2.28. The van der Waals surface area contributed by atoms with Gasteiger partial charge in [-0.2, -0.15) is 16.4 Å². The molecule has 3 nitrogen and oxygen atoms in total.